The molecule has 2 aromatic heterocycles. The molecule has 0 saturated carbocycles. The molecule has 1 saturated heterocycles. The Morgan fingerprint density at radius 1 is 1.24 bits per heavy atom. The summed E-state index contributed by atoms with van der Waals surface area (Å²) in [6, 6.07) is 14.5. The fourth-order valence-electron chi connectivity index (χ4n) is 4.31. The Hall–Kier alpha value is -2.44. The molecule has 0 spiro atoms. The summed E-state index contributed by atoms with van der Waals surface area (Å²) in [5.74, 6) is -0.0659. The quantitative estimate of drug-likeness (QED) is 0.545. The van der Waals surface area contributed by atoms with E-state index in [1.54, 1.807) is 11.3 Å². The molecular formula is C23H27N3O2S. The van der Waals surface area contributed by atoms with Gasteiger partial charge in [-0.1, -0.05) is 30.3 Å². The van der Waals surface area contributed by atoms with Gasteiger partial charge in [0.25, 0.3) is 0 Å². The lowest BCUT2D eigenvalue weighted by Gasteiger charge is -2.41. The van der Waals surface area contributed by atoms with E-state index in [1.807, 2.05) is 36.7 Å². The highest BCUT2D eigenvalue weighted by Crippen LogP contribution is 2.36. The molecule has 0 N–H and O–H groups in total. The SMILES string of the molecule is CCOC(=O)C1(Cc2ccccc2)CCCN(Cc2cccn2-c2nccs2)C1. The number of ether oxygens (including phenoxy) is 1. The molecule has 1 aliphatic heterocycles. The topological polar surface area (TPSA) is 47.4 Å². The molecule has 1 aliphatic rings. The van der Waals surface area contributed by atoms with Crippen LogP contribution in [-0.4, -0.2) is 40.1 Å². The smallest absolute Gasteiger partial charge is 0.313 e. The van der Waals surface area contributed by atoms with Gasteiger partial charge >= 0.3 is 5.97 Å². The Bertz CT molecular complexity index is 923. The van der Waals surface area contributed by atoms with Crippen LogP contribution in [0.25, 0.3) is 5.13 Å². The summed E-state index contributed by atoms with van der Waals surface area (Å²) >= 11 is 1.63. The second kappa shape index (κ2) is 8.93. The number of nitrogens with zero attached hydrogens (tertiary/aromatic N) is 3. The predicted molar refractivity (Wildman–Crippen MR) is 115 cm³/mol. The minimum absolute atomic E-state index is 0.0659. The van der Waals surface area contributed by atoms with Crippen LogP contribution in [0.2, 0.25) is 0 Å². The molecule has 3 heterocycles. The largest absolute Gasteiger partial charge is 0.466 e. The first-order chi connectivity index (χ1) is 14.2. The fraction of sp³-hybridized carbons (Fsp3) is 0.391. The van der Waals surface area contributed by atoms with Gasteiger partial charge in [0, 0.05) is 36.6 Å². The van der Waals surface area contributed by atoms with Crippen molar-refractivity contribution in [3.8, 4) is 5.13 Å². The van der Waals surface area contributed by atoms with Gasteiger partial charge in [0.15, 0.2) is 5.13 Å². The predicted octanol–water partition coefficient (Wildman–Crippen LogP) is 4.32. The van der Waals surface area contributed by atoms with Gasteiger partial charge < -0.3 is 4.74 Å². The van der Waals surface area contributed by atoms with Crippen LogP contribution in [0.5, 0.6) is 0 Å². The second-order valence-corrected chi connectivity index (χ2v) is 8.53. The van der Waals surface area contributed by atoms with Crippen LogP contribution >= 0.6 is 11.3 Å². The monoisotopic (exact) mass is 409 g/mol. The van der Waals surface area contributed by atoms with E-state index in [1.165, 1.54) is 11.3 Å². The van der Waals surface area contributed by atoms with Crippen molar-refractivity contribution < 1.29 is 9.53 Å². The number of hydrogen-bond acceptors (Lipinski definition) is 5. The minimum atomic E-state index is -0.492. The first-order valence-electron chi connectivity index (χ1n) is 10.2. The summed E-state index contributed by atoms with van der Waals surface area (Å²) in [4.78, 5) is 19.9. The third kappa shape index (κ3) is 4.43. The van der Waals surface area contributed by atoms with Crippen LogP contribution in [0.4, 0.5) is 0 Å². The van der Waals surface area contributed by atoms with Gasteiger partial charge in [-0.15, -0.1) is 11.3 Å². The van der Waals surface area contributed by atoms with Gasteiger partial charge in [0.05, 0.1) is 12.0 Å². The van der Waals surface area contributed by atoms with Crippen molar-refractivity contribution in [3.05, 3.63) is 71.5 Å². The van der Waals surface area contributed by atoms with Gasteiger partial charge in [-0.3, -0.25) is 14.3 Å². The summed E-state index contributed by atoms with van der Waals surface area (Å²) < 4.78 is 7.69. The average Bonchev–Trinajstić information content (AvgIpc) is 3.41. The van der Waals surface area contributed by atoms with Gasteiger partial charge in [-0.25, -0.2) is 4.98 Å². The van der Waals surface area contributed by atoms with E-state index in [4.69, 9.17) is 4.74 Å². The van der Waals surface area contributed by atoms with E-state index in [9.17, 15) is 4.79 Å². The van der Waals surface area contributed by atoms with Crippen LogP contribution in [0.3, 0.4) is 0 Å². The molecular weight excluding hydrogens is 382 g/mol. The van der Waals surface area contributed by atoms with Crippen molar-refractivity contribution in [1.82, 2.24) is 14.5 Å². The van der Waals surface area contributed by atoms with Gasteiger partial charge in [0.1, 0.15) is 0 Å². The first kappa shape index (κ1) is 19.9. The van der Waals surface area contributed by atoms with Crippen molar-refractivity contribution in [2.75, 3.05) is 19.7 Å². The number of benzene rings is 1. The van der Waals surface area contributed by atoms with E-state index in [0.29, 0.717) is 13.2 Å². The maximum Gasteiger partial charge on any atom is 0.313 e. The van der Waals surface area contributed by atoms with E-state index in [2.05, 4.69) is 44.9 Å². The first-order valence-corrected chi connectivity index (χ1v) is 11.1. The van der Waals surface area contributed by atoms with Crippen molar-refractivity contribution in [3.63, 3.8) is 0 Å². The number of piperidine rings is 1. The third-order valence-electron chi connectivity index (χ3n) is 5.59. The van der Waals surface area contributed by atoms with Crippen molar-refractivity contribution in [2.45, 2.75) is 32.7 Å². The van der Waals surface area contributed by atoms with E-state index >= 15 is 0 Å². The molecule has 1 aromatic carbocycles. The van der Waals surface area contributed by atoms with Gasteiger partial charge in [-0.2, -0.15) is 0 Å². The number of aromatic nitrogens is 2. The maximum absolute atomic E-state index is 13.1. The molecule has 1 fully saturated rings. The van der Waals surface area contributed by atoms with Crippen molar-refractivity contribution >= 4 is 17.3 Å². The molecule has 29 heavy (non-hydrogen) atoms. The molecule has 1 atom stereocenters. The van der Waals surface area contributed by atoms with Crippen LogP contribution in [-0.2, 0) is 22.5 Å². The molecule has 4 rings (SSSR count). The fourth-order valence-corrected chi connectivity index (χ4v) is 4.97. The molecule has 5 nitrogen and oxygen atoms in total. The number of carbonyl (C=O) groups excluding carboxylic acids is 1. The summed E-state index contributed by atoms with van der Waals surface area (Å²) in [5.41, 5.74) is 1.89. The Labute approximate surface area is 176 Å². The van der Waals surface area contributed by atoms with Crippen LogP contribution in [0.1, 0.15) is 31.0 Å². The number of thiazole rings is 1. The normalized spacial score (nSPS) is 19.9. The maximum atomic E-state index is 13.1. The lowest BCUT2D eigenvalue weighted by molar-refractivity contribution is -0.159. The van der Waals surface area contributed by atoms with E-state index in [0.717, 1.165) is 37.5 Å². The molecule has 0 aliphatic carbocycles. The lowest BCUT2D eigenvalue weighted by atomic mass is 9.75. The lowest BCUT2D eigenvalue weighted by Crippen LogP contribution is -2.49. The number of carbonyl (C=O) groups is 1. The van der Waals surface area contributed by atoms with Gasteiger partial charge in [-0.05, 0) is 50.4 Å². The Morgan fingerprint density at radius 3 is 2.86 bits per heavy atom. The highest BCUT2D eigenvalue weighted by molar-refractivity contribution is 7.12. The number of likely N-dealkylation sites (tertiary alicyclic amines) is 1. The molecule has 0 radical (unpaired) electrons. The van der Waals surface area contributed by atoms with Crippen LogP contribution < -0.4 is 0 Å². The van der Waals surface area contributed by atoms with Crippen LogP contribution in [0.15, 0.2) is 60.2 Å². The molecule has 0 amide bonds. The Kier molecular flexibility index (Phi) is 6.11. The van der Waals surface area contributed by atoms with Crippen molar-refractivity contribution in [1.29, 1.82) is 0 Å². The highest BCUT2D eigenvalue weighted by atomic mass is 32.1. The summed E-state index contributed by atoms with van der Waals surface area (Å²) in [5, 5.41) is 2.97. The average molecular weight is 410 g/mol. The zero-order valence-corrected chi connectivity index (χ0v) is 17.6. The minimum Gasteiger partial charge on any atom is -0.466 e. The molecule has 6 heteroatoms. The third-order valence-corrected chi connectivity index (χ3v) is 6.36. The molecule has 1 unspecified atom stereocenters. The summed E-state index contributed by atoms with van der Waals surface area (Å²) in [6.07, 6.45) is 6.46. The van der Waals surface area contributed by atoms with Gasteiger partial charge in [0.2, 0.25) is 0 Å². The van der Waals surface area contributed by atoms with Crippen molar-refractivity contribution in [2.24, 2.45) is 5.41 Å². The number of rotatable bonds is 7. The number of esters is 1. The second-order valence-electron chi connectivity index (χ2n) is 7.66. The molecule has 0 bridgehead atoms. The van der Waals surface area contributed by atoms with E-state index in [-0.39, 0.29) is 5.97 Å². The van der Waals surface area contributed by atoms with Crippen LogP contribution in [0, 0.1) is 5.41 Å². The standard InChI is InChI=1S/C23H27N3O2S/c1-2-28-21(27)23(16-19-8-4-3-5-9-19)11-7-13-25(18-23)17-20-10-6-14-26(20)22-24-12-15-29-22/h3-6,8-10,12,14-15H,2,7,11,13,16-18H2,1H3. The zero-order valence-electron chi connectivity index (χ0n) is 16.8. The Balaban J connectivity index is 1.55. The summed E-state index contributed by atoms with van der Waals surface area (Å²) in [7, 11) is 0. The molecule has 3 aromatic rings. The van der Waals surface area contributed by atoms with E-state index < -0.39 is 5.41 Å². The highest BCUT2D eigenvalue weighted by Gasteiger charge is 2.43. The number of hydrogen-bond donors (Lipinski definition) is 0. The summed E-state index contributed by atoms with van der Waals surface area (Å²) in [6.45, 7) is 4.79. The molecule has 152 valence electrons. The zero-order chi connectivity index (χ0) is 20.1. The Morgan fingerprint density at radius 2 is 2.10 bits per heavy atom.